The molecule has 1 aromatic carbocycles. The number of carbonyl (C=O) groups excluding carboxylic acids is 3. The summed E-state index contributed by atoms with van der Waals surface area (Å²) in [6.45, 7) is 7.85. The number of aldehydes is 1. The van der Waals surface area contributed by atoms with Crippen molar-refractivity contribution in [1.82, 2.24) is 0 Å². The zero-order valence-corrected chi connectivity index (χ0v) is 26.6. The van der Waals surface area contributed by atoms with Crippen molar-refractivity contribution in [3.8, 4) is 11.5 Å². The zero-order valence-electron chi connectivity index (χ0n) is 26.6. The van der Waals surface area contributed by atoms with E-state index in [1.165, 1.54) is 25.7 Å². The van der Waals surface area contributed by atoms with Crippen molar-refractivity contribution in [2.45, 2.75) is 130 Å². The third kappa shape index (κ3) is 12.4. The topological polar surface area (TPSA) is 78.9 Å². The van der Waals surface area contributed by atoms with E-state index in [1.807, 2.05) is 20.8 Å². The number of esters is 1. The fraction of sp³-hybridized carbons (Fsp3) is 0.583. The first-order valence-corrected chi connectivity index (χ1v) is 15.7. The summed E-state index contributed by atoms with van der Waals surface area (Å²) in [5.74, 6) is 0.720. The molecule has 0 fully saturated rings. The molecular formula is C36H52O6. The number of carbonyl (C=O) groups is 3. The number of allylic oxidation sites excluding steroid dienone is 6. The summed E-state index contributed by atoms with van der Waals surface area (Å²) in [4.78, 5) is 37.1. The van der Waals surface area contributed by atoms with Gasteiger partial charge in [0, 0.05) is 24.0 Å². The van der Waals surface area contributed by atoms with E-state index in [1.54, 1.807) is 19.3 Å². The summed E-state index contributed by atoms with van der Waals surface area (Å²) < 4.78 is 17.5. The van der Waals surface area contributed by atoms with Crippen LogP contribution in [0.25, 0.3) is 0 Å². The summed E-state index contributed by atoms with van der Waals surface area (Å²) >= 11 is 0. The maximum absolute atomic E-state index is 12.5. The largest absolute Gasteiger partial charge is 0.496 e. The van der Waals surface area contributed by atoms with Crippen LogP contribution < -0.4 is 9.47 Å². The monoisotopic (exact) mass is 580 g/mol. The SMILES string of the molecule is CCCCCC=CCC=CCCCCCCC(=O)OCc1cc(OC)c2c(c1C=O)OC(C)(CC(=O)C=C(C)C)CC2. The Labute approximate surface area is 253 Å². The van der Waals surface area contributed by atoms with Gasteiger partial charge in [-0.3, -0.25) is 14.4 Å². The number of benzene rings is 1. The van der Waals surface area contributed by atoms with Gasteiger partial charge in [0.1, 0.15) is 23.7 Å². The minimum Gasteiger partial charge on any atom is -0.496 e. The molecule has 0 saturated carbocycles. The fourth-order valence-electron chi connectivity index (χ4n) is 5.21. The Kier molecular flexibility index (Phi) is 16.0. The fourth-order valence-corrected chi connectivity index (χ4v) is 5.21. The van der Waals surface area contributed by atoms with E-state index < -0.39 is 5.60 Å². The number of fused-ring (bicyclic) bond motifs is 1. The Morgan fingerprint density at radius 3 is 2.33 bits per heavy atom. The normalized spacial score (nSPS) is 16.2. The third-order valence-electron chi connectivity index (χ3n) is 7.53. The van der Waals surface area contributed by atoms with Gasteiger partial charge in [-0.2, -0.15) is 0 Å². The Bertz CT molecular complexity index is 1110. The first kappa shape index (κ1) is 35.0. The summed E-state index contributed by atoms with van der Waals surface area (Å²) in [6.07, 6.45) is 24.2. The Morgan fingerprint density at radius 2 is 1.69 bits per heavy atom. The van der Waals surface area contributed by atoms with Gasteiger partial charge in [-0.1, -0.05) is 62.5 Å². The molecule has 1 aliphatic rings. The van der Waals surface area contributed by atoms with Crippen LogP contribution in [0.4, 0.5) is 0 Å². The lowest BCUT2D eigenvalue weighted by Crippen LogP contribution is -2.39. The molecule has 0 N–H and O–H groups in total. The summed E-state index contributed by atoms with van der Waals surface area (Å²) in [5, 5.41) is 0. The number of hydrogen-bond donors (Lipinski definition) is 0. The maximum Gasteiger partial charge on any atom is 0.306 e. The molecule has 0 spiro atoms. The number of rotatable bonds is 20. The quantitative estimate of drug-likeness (QED) is 0.0503. The molecule has 6 nitrogen and oxygen atoms in total. The van der Waals surface area contributed by atoms with E-state index in [-0.39, 0.29) is 24.8 Å². The van der Waals surface area contributed by atoms with Crippen LogP contribution in [0.1, 0.15) is 133 Å². The van der Waals surface area contributed by atoms with E-state index in [0.717, 1.165) is 55.9 Å². The molecule has 0 amide bonds. The third-order valence-corrected chi connectivity index (χ3v) is 7.53. The van der Waals surface area contributed by atoms with Crippen molar-refractivity contribution in [1.29, 1.82) is 0 Å². The van der Waals surface area contributed by atoms with Gasteiger partial charge < -0.3 is 14.2 Å². The summed E-state index contributed by atoms with van der Waals surface area (Å²) in [5.41, 5.74) is 1.88. The second-order valence-corrected chi connectivity index (χ2v) is 11.8. The molecule has 6 heteroatoms. The molecule has 1 aromatic rings. The number of unbranched alkanes of at least 4 members (excludes halogenated alkanes) is 7. The van der Waals surface area contributed by atoms with Crippen LogP contribution in [-0.2, 0) is 27.4 Å². The van der Waals surface area contributed by atoms with E-state index in [9.17, 15) is 14.4 Å². The highest BCUT2D eigenvalue weighted by molar-refractivity contribution is 5.91. The number of ether oxygens (including phenoxy) is 3. The molecule has 1 unspecified atom stereocenters. The zero-order chi connectivity index (χ0) is 30.8. The molecule has 232 valence electrons. The predicted molar refractivity (Wildman–Crippen MR) is 169 cm³/mol. The van der Waals surface area contributed by atoms with E-state index in [0.29, 0.717) is 41.9 Å². The summed E-state index contributed by atoms with van der Waals surface area (Å²) in [7, 11) is 1.57. The first-order chi connectivity index (χ1) is 20.2. The van der Waals surface area contributed by atoms with Gasteiger partial charge in [-0.15, -0.1) is 0 Å². The van der Waals surface area contributed by atoms with E-state index in [4.69, 9.17) is 14.2 Å². The van der Waals surface area contributed by atoms with Gasteiger partial charge in [-0.05, 0) is 84.3 Å². The molecule has 0 saturated heterocycles. The van der Waals surface area contributed by atoms with Crippen molar-refractivity contribution < 1.29 is 28.6 Å². The number of ketones is 1. The smallest absolute Gasteiger partial charge is 0.306 e. The molecular weight excluding hydrogens is 528 g/mol. The van der Waals surface area contributed by atoms with Crippen LogP contribution in [0.5, 0.6) is 11.5 Å². The lowest BCUT2D eigenvalue weighted by atomic mass is 9.86. The molecule has 2 rings (SSSR count). The van der Waals surface area contributed by atoms with Gasteiger partial charge in [0.2, 0.25) is 0 Å². The molecule has 1 heterocycles. The van der Waals surface area contributed by atoms with Crippen LogP contribution in [0, 0.1) is 0 Å². The Balaban J connectivity index is 1.82. The minimum absolute atomic E-state index is 0.0111. The maximum atomic E-state index is 12.5. The van der Waals surface area contributed by atoms with Crippen molar-refractivity contribution in [3.05, 3.63) is 58.7 Å². The second kappa shape index (κ2) is 19.1. The molecule has 0 radical (unpaired) electrons. The highest BCUT2D eigenvalue weighted by Gasteiger charge is 2.37. The predicted octanol–water partition coefficient (Wildman–Crippen LogP) is 8.98. The van der Waals surface area contributed by atoms with Gasteiger partial charge in [-0.25, -0.2) is 0 Å². The minimum atomic E-state index is -0.741. The average Bonchev–Trinajstić information content (AvgIpc) is 2.94. The molecule has 0 bridgehead atoms. The Hall–Kier alpha value is -3.15. The average molecular weight is 581 g/mol. The lowest BCUT2D eigenvalue weighted by Gasteiger charge is -2.37. The highest BCUT2D eigenvalue weighted by atomic mass is 16.5. The van der Waals surface area contributed by atoms with Crippen LogP contribution in [-0.4, -0.2) is 30.7 Å². The molecule has 0 aromatic heterocycles. The molecule has 1 aliphatic heterocycles. The van der Waals surface area contributed by atoms with Crippen LogP contribution in [0.3, 0.4) is 0 Å². The summed E-state index contributed by atoms with van der Waals surface area (Å²) in [6, 6.07) is 1.76. The van der Waals surface area contributed by atoms with Crippen molar-refractivity contribution in [2.75, 3.05) is 7.11 Å². The van der Waals surface area contributed by atoms with Gasteiger partial charge in [0.05, 0.1) is 12.7 Å². The molecule has 0 aliphatic carbocycles. The van der Waals surface area contributed by atoms with E-state index in [2.05, 4.69) is 31.2 Å². The van der Waals surface area contributed by atoms with Crippen LogP contribution >= 0.6 is 0 Å². The van der Waals surface area contributed by atoms with Crippen molar-refractivity contribution in [2.24, 2.45) is 0 Å². The molecule has 1 atom stereocenters. The lowest BCUT2D eigenvalue weighted by molar-refractivity contribution is -0.145. The number of methoxy groups -OCH3 is 1. The molecule has 42 heavy (non-hydrogen) atoms. The van der Waals surface area contributed by atoms with Crippen molar-refractivity contribution in [3.63, 3.8) is 0 Å². The van der Waals surface area contributed by atoms with E-state index >= 15 is 0 Å². The van der Waals surface area contributed by atoms with Crippen LogP contribution in [0.2, 0.25) is 0 Å². The van der Waals surface area contributed by atoms with Crippen LogP contribution in [0.15, 0.2) is 42.0 Å². The standard InChI is InChI=1S/C36H52O6/c1-6-7-8-9-10-11-12-13-14-15-16-17-18-19-20-34(39)41-27-29-24-33(40-5)31-21-22-36(4,25-30(38)23-28(2)3)42-35(31)32(29)26-37/h10-11,13-14,23-24,26H,6-9,12,15-22,25,27H2,1-5H3. The Morgan fingerprint density at radius 1 is 1.00 bits per heavy atom. The van der Waals surface area contributed by atoms with Gasteiger partial charge in [0.15, 0.2) is 12.1 Å². The first-order valence-electron chi connectivity index (χ1n) is 15.7. The van der Waals surface area contributed by atoms with Crippen molar-refractivity contribution >= 4 is 18.0 Å². The number of hydrogen-bond acceptors (Lipinski definition) is 6. The van der Waals surface area contributed by atoms with Gasteiger partial charge >= 0.3 is 5.97 Å². The second-order valence-electron chi connectivity index (χ2n) is 11.8. The van der Waals surface area contributed by atoms with Gasteiger partial charge in [0.25, 0.3) is 0 Å². The highest BCUT2D eigenvalue weighted by Crippen LogP contribution is 2.43.